The minimum Gasteiger partial charge on any atom is -0.329 e. The number of rotatable bonds is 3. The standard InChI is InChI=1S/C22H18F4N4O/c1-3-19(31)29-12-18-20(14-6-8-27-9-7-14)21(28-30(18)11-13(29)2)16-5-4-15(10-17(16)23)22(24,25)26/h3-10,13H,1,11-12H2,2H3/t13-/m0/s1. The topological polar surface area (TPSA) is 51.0 Å². The van der Waals surface area contributed by atoms with Gasteiger partial charge in [-0.25, -0.2) is 4.39 Å². The highest BCUT2D eigenvalue weighted by molar-refractivity contribution is 5.88. The van der Waals surface area contributed by atoms with Crippen molar-refractivity contribution in [3.63, 3.8) is 0 Å². The van der Waals surface area contributed by atoms with Gasteiger partial charge in [-0.15, -0.1) is 0 Å². The third-order valence-electron chi connectivity index (χ3n) is 5.33. The SMILES string of the molecule is C=CC(=O)N1Cc2c(-c3ccncc3)c(-c3ccc(C(F)(F)F)cc3F)nn2C[C@@H]1C. The zero-order valence-corrected chi connectivity index (χ0v) is 16.5. The molecule has 0 aliphatic carbocycles. The molecule has 4 rings (SSSR count). The van der Waals surface area contributed by atoms with Gasteiger partial charge in [-0.05, 0) is 48.9 Å². The van der Waals surface area contributed by atoms with Crippen LogP contribution in [-0.2, 0) is 24.1 Å². The molecule has 1 aliphatic heterocycles. The monoisotopic (exact) mass is 430 g/mol. The van der Waals surface area contributed by atoms with Crippen molar-refractivity contribution in [1.29, 1.82) is 0 Å². The third kappa shape index (κ3) is 3.71. The summed E-state index contributed by atoms with van der Waals surface area (Å²) in [7, 11) is 0. The fourth-order valence-electron chi connectivity index (χ4n) is 3.78. The fraction of sp³-hybridized carbons (Fsp3) is 0.227. The van der Waals surface area contributed by atoms with Gasteiger partial charge in [0, 0.05) is 29.6 Å². The molecular formula is C22H18F4N4O. The number of amides is 1. The molecule has 1 amide bonds. The Morgan fingerprint density at radius 3 is 2.55 bits per heavy atom. The van der Waals surface area contributed by atoms with Crippen LogP contribution in [0.5, 0.6) is 0 Å². The number of halogens is 4. The van der Waals surface area contributed by atoms with Gasteiger partial charge in [0.1, 0.15) is 11.5 Å². The van der Waals surface area contributed by atoms with E-state index in [0.717, 1.165) is 12.1 Å². The number of aromatic nitrogens is 3. The van der Waals surface area contributed by atoms with E-state index in [1.165, 1.54) is 6.08 Å². The van der Waals surface area contributed by atoms with Crippen LogP contribution in [0.2, 0.25) is 0 Å². The van der Waals surface area contributed by atoms with E-state index in [1.807, 2.05) is 6.92 Å². The van der Waals surface area contributed by atoms with E-state index < -0.39 is 17.6 Å². The van der Waals surface area contributed by atoms with E-state index >= 15 is 0 Å². The predicted octanol–water partition coefficient (Wildman–Crippen LogP) is 4.69. The highest BCUT2D eigenvalue weighted by Crippen LogP contribution is 2.39. The van der Waals surface area contributed by atoms with Crippen LogP contribution in [-0.4, -0.2) is 31.6 Å². The summed E-state index contributed by atoms with van der Waals surface area (Å²) in [5, 5.41) is 4.53. The molecule has 0 unspecified atom stereocenters. The molecule has 1 aliphatic rings. The van der Waals surface area contributed by atoms with Crippen molar-refractivity contribution in [2.75, 3.05) is 0 Å². The summed E-state index contributed by atoms with van der Waals surface area (Å²) >= 11 is 0. The largest absolute Gasteiger partial charge is 0.416 e. The average molecular weight is 430 g/mol. The average Bonchev–Trinajstić information content (AvgIpc) is 3.10. The van der Waals surface area contributed by atoms with Crippen LogP contribution in [0.4, 0.5) is 17.6 Å². The van der Waals surface area contributed by atoms with Gasteiger partial charge in [0.25, 0.3) is 0 Å². The van der Waals surface area contributed by atoms with E-state index in [1.54, 1.807) is 34.1 Å². The van der Waals surface area contributed by atoms with Crippen LogP contribution < -0.4 is 0 Å². The molecule has 1 atom stereocenters. The molecule has 31 heavy (non-hydrogen) atoms. The summed E-state index contributed by atoms with van der Waals surface area (Å²) < 4.78 is 55.5. The Morgan fingerprint density at radius 1 is 1.23 bits per heavy atom. The van der Waals surface area contributed by atoms with Crippen molar-refractivity contribution >= 4 is 5.91 Å². The number of benzene rings is 1. The molecule has 9 heteroatoms. The summed E-state index contributed by atoms with van der Waals surface area (Å²) in [5.41, 5.74) is 0.984. The predicted molar refractivity (Wildman–Crippen MR) is 106 cm³/mol. The van der Waals surface area contributed by atoms with Crippen LogP contribution in [0.3, 0.4) is 0 Å². The maximum Gasteiger partial charge on any atom is 0.416 e. The Bertz CT molecular complexity index is 1150. The van der Waals surface area contributed by atoms with Crippen molar-refractivity contribution in [3.8, 4) is 22.4 Å². The van der Waals surface area contributed by atoms with Gasteiger partial charge < -0.3 is 4.90 Å². The number of hydrogen-bond acceptors (Lipinski definition) is 3. The molecule has 5 nitrogen and oxygen atoms in total. The van der Waals surface area contributed by atoms with E-state index in [9.17, 15) is 22.4 Å². The lowest BCUT2D eigenvalue weighted by atomic mass is 9.97. The number of pyridine rings is 1. The fourth-order valence-corrected chi connectivity index (χ4v) is 3.78. The van der Waals surface area contributed by atoms with Crippen LogP contribution in [0.1, 0.15) is 18.2 Å². The molecule has 0 saturated heterocycles. The van der Waals surface area contributed by atoms with Crippen molar-refractivity contribution in [2.24, 2.45) is 0 Å². The summed E-state index contributed by atoms with van der Waals surface area (Å²) in [6.07, 6.45) is -0.304. The molecule has 2 aromatic heterocycles. The van der Waals surface area contributed by atoms with Gasteiger partial charge in [0.15, 0.2) is 0 Å². The highest BCUT2D eigenvalue weighted by Gasteiger charge is 2.34. The maximum atomic E-state index is 14.8. The zero-order valence-electron chi connectivity index (χ0n) is 16.5. The molecule has 0 saturated carbocycles. The number of carbonyl (C=O) groups excluding carboxylic acids is 1. The van der Waals surface area contributed by atoms with E-state index in [4.69, 9.17) is 0 Å². The number of hydrogen-bond donors (Lipinski definition) is 0. The molecule has 0 bridgehead atoms. The second-order valence-electron chi connectivity index (χ2n) is 7.30. The summed E-state index contributed by atoms with van der Waals surface area (Å²) in [6.45, 7) is 5.96. The molecule has 0 fully saturated rings. The van der Waals surface area contributed by atoms with Crippen molar-refractivity contribution in [2.45, 2.75) is 32.2 Å². The lowest BCUT2D eigenvalue weighted by molar-refractivity contribution is -0.137. The Labute approximate surface area is 175 Å². The molecular weight excluding hydrogens is 412 g/mol. The smallest absolute Gasteiger partial charge is 0.329 e. The van der Waals surface area contributed by atoms with Gasteiger partial charge in [-0.1, -0.05) is 6.58 Å². The number of fused-ring (bicyclic) bond motifs is 1. The Hall–Kier alpha value is -3.49. The van der Waals surface area contributed by atoms with Gasteiger partial charge in [-0.3, -0.25) is 14.5 Å². The first-order valence-electron chi connectivity index (χ1n) is 9.51. The first-order valence-corrected chi connectivity index (χ1v) is 9.51. The van der Waals surface area contributed by atoms with E-state index in [2.05, 4.69) is 16.7 Å². The summed E-state index contributed by atoms with van der Waals surface area (Å²) in [4.78, 5) is 17.9. The van der Waals surface area contributed by atoms with Gasteiger partial charge in [-0.2, -0.15) is 18.3 Å². The van der Waals surface area contributed by atoms with Gasteiger partial charge in [0.2, 0.25) is 5.91 Å². The quantitative estimate of drug-likeness (QED) is 0.448. The van der Waals surface area contributed by atoms with Crippen molar-refractivity contribution in [1.82, 2.24) is 19.7 Å². The Balaban J connectivity index is 1.91. The van der Waals surface area contributed by atoms with Crippen LogP contribution in [0.25, 0.3) is 22.4 Å². The minimum absolute atomic E-state index is 0.0454. The number of carbonyl (C=O) groups is 1. The number of alkyl halides is 3. The first-order chi connectivity index (χ1) is 14.7. The lowest BCUT2D eigenvalue weighted by Crippen LogP contribution is -2.44. The van der Waals surface area contributed by atoms with E-state index in [-0.39, 0.29) is 29.8 Å². The van der Waals surface area contributed by atoms with Crippen LogP contribution in [0, 0.1) is 5.82 Å². The minimum atomic E-state index is -4.65. The molecule has 0 radical (unpaired) electrons. The summed E-state index contributed by atoms with van der Waals surface area (Å²) in [6, 6.07) is 5.63. The third-order valence-corrected chi connectivity index (χ3v) is 5.33. The molecule has 1 aromatic carbocycles. The van der Waals surface area contributed by atoms with Crippen LogP contribution in [0.15, 0.2) is 55.4 Å². The number of nitrogens with zero attached hydrogens (tertiary/aromatic N) is 4. The molecule has 160 valence electrons. The second kappa shape index (κ2) is 7.64. The van der Waals surface area contributed by atoms with Gasteiger partial charge in [0.05, 0.1) is 24.3 Å². The molecule has 3 heterocycles. The summed E-state index contributed by atoms with van der Waals surface area (Å²) in [5.74, 6) is -1.27. The molecule has 0 N–H and O–H groups in total. The zero-order chi connectivity index (χ0) is 22.3. The highest BCUT2D eigenvalue weighted by atomic mass is 19.4. The van der Waals surface area contributed by atoms with Crippen molar-refractivity contribution in [3.05, 3.63) is 72.5 Å². The first kappa shape index (κ1) is 20.8. The van der Waals surface area contributed by atoms with Crippen molar-refractivity contribution < 1.29 is 22.4 Å². The Kier molecular flexibility index (Phi) is 5.12. The lowest BCUT2D eigenvalue weighted by Gasteiger charge is -2.33. The maximum absolute atomic E-state index is 14.8. The van der Waals surface area contributed by atoms with E-state index in [0.29, 0.717) is 29.4 Å². The second-order valence-corrected chi connectivity index (χ2v) is 7.30. The molecule has 3 aromatic rings. The van der Waals surface area contributed by atoms with Crippen LogP contribution >= 0.6 is 0 Å². The Morgan fingerprint density at radius 2 is 1.94 bits per heavy atom. The normalized spacial score (nSPS) is 16.2. The van der Waals surface area contributed by atoms with Gasteiger partial charge >= 0.3 is 6.18 Å². The molecule has 0 spiro atoms.